The summed E-state index contributed by atoms with van der Waals surface area (Å²) in [6.07, 6.45) is -29.8. The minimum Gasteiger partial charge on any atom is -0.394 e. The summed E-state index contributed by atoms with van der Waals surface area (Å²) in [5, 5.41) is 203. The van der Waals surface area contributed by atoms with E-state index in [1.165, 1.54) is 50.6 Å². The highest BCUT2D eigenvalue weighted by molar-refractivity contribution is 5.76. The lowest BCUT2D eigenvalue weighted by Gasteiger charge is -2.45. The molecule has 5 aliphatic rings. The van der Waals surface area contributed by atoms with Gasteiger partial charge in [-0.25, -0.2) is 18.7 Å². The Morgan fingerprint density at radius 1 is 0.347 bits per heavy atom. The zero-order valence-electron chi connectivity index (χ0n) is 65.8. The van der Waals surface area contributed by atoms with Gasteiger partial charge in [0.25, 0.3) is 0 Å². The van der Waals surface area contributed by atoms with Crippen LogP contribution in [0.3, 0.4) is 0 Å². The van der Waals surface area contributed by atoms with Crippen LogP contribution in [0.4, 0.5) is 0 Å². The summed E-state index contributed by atoms with van der Waals surface area (Å²) >= 11 is 0. The summed E-state index contributed by atoms with van der Waals surface area (Å²) in [4.78, 5) is 52.6. The first-order valence-corrected chi connectivity index (χ1v) is 38.6. The third kappa shape index (κ3) is 29.6. The zero-order chi connectivity index (χ0) is 86.9. The van der Waals surface area contributed by atoms with Crippen LogP contribution in [0.2, 0.25) is 0 Å². The molecule has 5 saturated heterocycles. The van der Waals surface area contributed by atoms with Gasteiger partial charge in [0.15, 0.2) is 31.5 Å². The van der Waals surface area contributed by atoms with Gasteiger partial charge < -0.3 is 188 Å². The monoisotopic (exact) mass is 1750 g/mol. The number of methoxy groups -OCH3 is 1. The molecule has 9 rings (SSSR count). The molecule has 4 aromatic heterocycles. The van der Waals surface area contributed by atoms with E-state index in [0.29, 0.717) is 0 Å². The van der Waals surface area contributed by atoms with Crippen molar-refractivity contribution in [2.75, 3.05) is 146 Å². The second kappa shape index (κ2) is 50.9. The van der Waals surface area contributed by atoms with Crippen LogP contribution in [-0.2, 0) is 157 Å². The molecule has 0 aliphatic carbocycles. The van der Waals surface area contributed by atoms with Gasteiger partial charge in [-0.15, -0.1) is 20.4 Å². The molecule has 0 aromatic carbocycles. The summed E-state index contributed by atoms with van der Waals surface area (Å²) in [7, 11) is 1.33. The minimum atomic E-state index is -1.64. The van der Waals surface area contributed by atoms with Crippen molar-refractivity contribution in [3.8, 4) is 0 Å². The summed E-state index contributed by atoms with van der Waals surface area (Å²) in [6, 6.07) is 0. The number of nitrogens with zero attached hydrogens (tertiary/aromatic N) is 12. The molecule has 5 aliphatic heterocycles. The summed E-state index contributed by atoms with van der Waals surface area (Å²) in [5.41, 5.74) is 0.925. The fourth-order valence-electron chi connectivity index (χ4n) is 12.5. The third-order valence-electron chi connectivity index (χ3n) is 19.0. The van der Waals surface area contributed by atoms with Gasteiger partial charge in [-0.1, -0.05) is 20.9 Å². The Kier molecular flexibility index (Phi) is 41.2. The van der Waals surface area contributed by atoms with E-state index < -0.39 is 204 Å². The first-order chi connectivity index (χ1) is 58.4. The van der Waals surface area contributed by atoms with E-state index in [1.807, 2.05) is 0 Å². The summed E-state index contributed by atoms with van der Waals surface area (Å²) in [6.45, 7) is -5.78. The predicted octanol–water partition coefficient (Wildman–Crippen LogP) is -15.5. The number of hydrogen-bond donors (Lipinski definition) is 20. The van der Waals surface area contributed by atoms with Gasteiger partial charge in [-0.2, -0.15) is 0 Å². The molecule has 25 atom stereocenters. The van der Waals surface area contributed by atoms with Crippen LogP contribution in [0.15, 0.2) is 24.8 Å². The number of carbonyl (C=O) groups excluding carboxylic acids is 4. The molecule has 4 aromatic rings. The molecular weight excluding hydrogens is 1640 g/mol. The highest BCUT2D eigenvalue weighted by atomic mass is 16.7. The van der Waals surface area contributed by atoms with Crippen molar-refractivity contribution in [2.45, 2.75) is 206 Å². The lowest BCUT2D eigenvalue weighted by molar-refractivity contribution is -0.323. The quantitative estimate of drug-likeness (QED) is 0.0183. The van der Waals surface area contributed by atoms with Crippen LogP contribution in [0, 0.1) is 0 Å². The number of rotatable bonds is 54. The molecule has 54 nitrogen and oxygen atoms in total. The number of carbonyl (C=O) groups is 4. The smallest absolute Gasteiger partial charge is 0.241 e. The van der Waals surface area contributed by atoms with Crippen molar-refractivity contribution in [3.63, 3.8) is 0 Å². The van der Waals surface area contributed by atoms with Gasteiger partial charge in [0.2, 0.25) is 23.6 Å². The van der Waals surface area contributed by atoms with Gasteiger partial charge in [0.05, 0.1) is 169 Å². The predicted molar refractivity (Wildman–Crippen MR) is 385 cm³/mol. The van der Waals surface area contributed by atoms with E-state index in [0.717, 1.165) is 0 Å². The number of aromatic nitrogens is 12. The third-order valence-corrected chi connectivity index (χ3v) is 19.0. The fourth-order valence-corrected chi connectivity index (χ4v) is 12.5. The number of hydrogen-bond acceptors (Lipinski definition) is 46. The van der Waals surface area contributed by atoms with E-state index in [-0.39, 0.29) is 187 Å². The van der Waals surface area contributed by atoms with Crippen molar-refractivity contribution >= 4 is 23.6 Å². The zero-order valence-corrected chi connectivity index (χ0v) is 65.8. The number of nitrogens with one attached hydrogen (secondary N) is 4. The van der Waals surface area contributed by atoms with E-state index in [4.69, 9.17) is 85.3 Å². The van der Waals surface area contributed by atoms with Crippen LogP contribution >= 0.6 is 0 Å². The topological polar surface area (TPSA) is 729 Å². The molecule has 0 saturated carbocycles. The first-order valence-electron chi connectivity index (χ1n) is 38.6. The van der Waals surface area contributed by atoms with Gasteiger partial charge in [0, 0.05) is 33.3 Å². The number of ether oxygens (including phenoxy) is 18. The average molecular weight is 1750 g/mol. The molecule has 121 heavy (non-hydrogen) atoms. The highest BCUT2D eigenvalue weighted by Gasteiger charge is 2.51. The standard InChI is InChI=1S/C67H110N16O38/c1-104-67-62(116-33-38-18-72-76-83(38)25-47(91)71-5-9-108-13-17-113-66-59(103)55(99)51(95)42(29-87)120-66)61(115-32-37-21-82(79-75-37)24-46(90)70-4-8-107-12-16-112-65-58(102)54(98)50(94)41(28-86)119-65)60(114-31-36-20-81(78-74-36)23-45(89)69-3-7-106-11-15-111-64-57(101)53(97)49(93)40(27-85)118-64)43(121-67)34-109-30-35-19-80(77-73-35)22-44(88)68-2-6-105-10-14-110-63-56(100)52(96)48(92)39(26-84)117-63/h18-21,39-43,48-67,84-87,92-103H,2-17,22-34H2,1H3,(H,68,88)(H,69,89)(H,70,90)(H,71,91)/t39-,40-,41-,42-,43-,48+,49+,50+,51+,52+,53+,54+,55+,56-,57-,58-,59-,60-,61+,62-,63-,64-,65-,66-,67+/m1/s1. The first kappa shape index (κ1) is 97.9. The van der Waals surface area contributed by atoms with Crippen molar-refractivity contribution in [2.24, 2.45) is 0 Å². The Morgan fingerprint density at radius 3 is 1.02 bits per heavy atom. The largest absolute Gasteiger partial charge is 0.394 e. The molecule has 5 fully saturated rings. The lowest BCUT2D eigenvalue weighted by atomic mass is 9.98. The Labute approximate surface area is 688 Å². The Bertz CT molecular complexity index is 3630. The van der Waals surface area contributed by atoms with E-state index >= 15 is 0 Å². The second-order valence-corrected chi connectivity index (χ2v) is 27.8. The van der Waals surface area contributed by atoms with E-state index in [1.54, 1.807) is 0 Å². The van der Waals surface area contributed by atoms with Gasteiger partial charge in [0.1, 0.15) is 165 Å². The van der Waals surface area contributed by atoms with Crippen LogP contribution in [0.5, 0.6) is 0 Å². The minimum absolute atomic E-state index is 0.00237. The average Bonchev–Trinajstić information content (AvgIpc) is 1.62. The molecule has 0 bridgehead atoms. The highest BCUT2D eigenvalue weighted by Crippen LogP contribution is 2.32. The van der Waals surface area contributed by atoms with Crippen LogP contribution in [-0.4, -0.2) is 464 Å². The number of amides is 4. The maximum atomic E-state index is 13.3. The molecule has 0 spiro atoms. The molecule has 9 heterocycles. The molecule has 4 amide bonds. The van der Waals surface area contributed by atoms with E-state index in [9.17, 15) is 101 Å². The number of aliphatic hydroxyl groups excluding tert-OH is 16. The van der Waals surface area contributed by atoms with E-state index in [2.05, 4.69) is 62.5 Å². The maximum absolute atomic E-state index is 13.3. The van der Waals surface area contributed by atoms with Crippen LogP contribution in [0.1, 0.15) is 22.8 Å². The molecule has 686 valence electrons. The lowest BCUT2D eigenvalue weighted by Crippen LogP contribution is -2.61. The molecular formula is C67H110N16O38. The normalized spacial score (nSPS) is 30.8. The summed E-state index contributed by atoms with van der Waals surface area (Å²) in [5.74, 6) is -1.99. The van der Waals surface area contributed by atoms with Gasteiger partial charge in [-0.05, 0) is 0 Å². The van der Waals surface area contributed by atoms with Gasteiger partial charge >= 0.3 is 0 Å². The summed E-state index contributed by atoms with van der Waals surface area (Å²) < 4.78 is 109. The SMILES string of the molecule is CO[C@H]1O[C@H](COCc2cn(CC(=O)NCCOCCO[C@@H]3O[C@H](CO)[C@H](O)[C@H](O)[C@H]3O)nn2)[C@@H](OCc2cn(CC(=O)NCCOCCO[C@@H]3O[C@H](CO)[C@H](O)[C@H](O)[C@H]3O)nn2)[C@H](OCc2cn(CC(=O)NCCOCCO[C@@H]3O[C@H](CO)[C@H](O)[C@H](O)[C@H]3O)nn2)[C@H]1OCc1cnnn1CC(=O)NCCOCCO[C@@H]1O[C@H](CO)[C@H](O)[C@H](O)[C@H]1O. The van der Waals surface area contributed by atoms with Crippen LogP contribution in [0.25, 0.3) is 0 Å². The Balaban J connectivity index is 0.829. The van der Waals surface area contributed by atoms with Crippen molar-refractivity contribution in [1.82, 2.24) is 81.2 Å². The second-order valence-electron chi connectivity index (χ2n) is 27.8. The maximum Gasteiger partial charge on any atom is 0.241 e. The molecule has 54 heteroatoms. The number of aliphatic hydroxyl groups is 16. The van der Waals surface area contributed by atoms with Crippen molar-refractivity contribution in [3.05, 3.63) is 47.6 Å². The van der Waals surface area contributed by atoms with Gasteiger partial charge in [-0.3, -0.25) is 19.2 Å². The molecule has 0 radical (unpaired) electrons. The van der Waals surface area contributed by atoms with Crippen molar-refractivity contribution < 1.29 is 186 Å². The molecule has 20 N–H and O–H groups in total. The van der Waals surface area contributed by atoms with Crippen LogP contribution < -0.4 is 21.3 Å². The Morgan fingerprint density at radius 2 is 0.669 bits per heavy atom. The Hall–Kier alpha value is -6.92. The molecule has 0 unspecified atom stereocenters. The van der Waals surface area contributed by atoms with Crippen molar-refractivity contribution in [1.29, 1.82) is 0 Å². The fraction of sp³-hybridized carbons (Fsp3) is 0.821.